The van der Waals surface area contributed by atoms with Crippen molar-refractivity contribution in [3.05, 3.63) is 71.0 Å². The molecule has 0 amide bonds. The number of hydrogen-bond donors (Lipinski definition) is 1. The maximum atomic E-state index is 12.8. The maximum Gasteiger partial charge on any atom is 0.416 e. The molecule has 0 unspecified atom stereocenters. The number of halogens is 3. The van der Waals surface area contributed by atoms with Gasteiger partial charge in [0.25, 0.3) is 0 Å². The van der Waals surface area contributed by atoms with E-state index >= 15 is 0 Å². The third kappa shape index (κ3) is 3.27. The minimum atomic E-state index is -4.36. The van der Waals surface area contributed by atoms with E-state index in [0.29, 0.717) is 23.2 Å². The summed E-state index contributed by atoms with van der Waals surface area (Å²) in [7, 11) is 0. The Balaban J connectivity index is 1.84. The summed E-state index contributed by atoms with van der Waals surface area (Å²) >= 11 is 0. The lowest BCUT2D eigenvalue weighted by Gasteiger charge is -2.09. The Morgan fingerprint density at radius 2 is 1.75 bits per heavy atom. The zero-order valence-electron chi connectivity index (χ0n) is 12.3. The second kappa shape index (κ2) is 6.16. The smallest absolute Gasteiger partial charge is 0.196 e. The molecule has 3 rings (SSSR count). The number of nitriles is 1. The Kier molecular flexibility index (Phi) is 4.04. The van der Waals surface area contributed by atoms with Crippen LogP contribution in [0.15, 0.2) is 48.5 Å². The molecule has 120 valence electrons. The van der Waals surface area contributed by atoms with Crippen LogP contribution in [0.5, 0.6) is 0 Å². The van der Waals surface area contributed by atoms with Crippen molar-refractivity contribution in [3.63, 3.8) is 0 Å². The number of benzene rings is 2. The molecule has 1 heterocycles. The first-order chi connectivity index (χ1) is 11.5. The molecule has 1 aromatic heterocycles. The van der Waals surface area contributed by atoms with Crippen LogP contribution in [-0.2, 0) is 12.6 Å². The van der Waals surface area contributed by atoms with E-state index in [1.165, 1.54) is 6.07 Å². The third-order valence-corrected chi connectivity index (χ3v) is 3.57. The first kappa shape index (κ1) is 15.7. The molecular formula is C17H11F3N4. The van der Waals surface area contributed by atoms with Crippen molar-refractivity contribution in [2.45, 2.75) is 12.6 Å². The van der Waals surface area contributed by atoms with Crippen LogP contribution in [0.1, 0.15) is 22.5 Å². The van der Waals surface area contributed by atoms with Gasteiger partial charge in [-0.3, -0.25) is 0 Å². The highest BCUT2D eigenvalue weighted by Gasteiger charge is 2.30. The molecule has 0 spiro atoms. The summed E-state index contributed by atoms with van der Waals surface area (Å²) in [5, 5.41) is 18.9. The van der Waals surface area contributed by atoms with Gasteiger partial charge >= 0.3 is 6.18 Å². The third-order valence-electron chi connectivity index (χ3n) is 3.57. The lowest BCUT2D eigenvalue weighted by Crippen LogP contribution is -2.04. The summed E-state index contributed by atoms with van der Waals surface area (Å²) in [6.07, 6.45) is -3.95. The fraction of sp³-hybridized carbons (Fsp3) is 0.118. The van der Waals surface area contributed by atoms with Gasteiger partial charge in [-0.15, -0.1) is 5.10 Å². The van der Waals surface area contributed by atoms with Crippen LogP contribution in [0.25, 0.3) is 11.1 Å². The lowest BCUT2D eigenvalue weighted by molar-refractivity contribution is -0.137. The summed E-state index contributed by atoms with van der Waals surface area (Å²) < 4.78 is 38.4. The molecule has 0 radical (unpaired) electrons. The molecule has 0 fully saturated rings. The Morgan fingerprint density at radius 3 is 2.42 bits per heavy atom. The topological polar surface area (TPSA) is 65.4 Å². The minimum Gasteiger partial charge on any atom is -0.196 e. The van der Waals surface area contributed by atoms with Crippen molar-refractivity contribution in [1.82, 2.24) is 15.4 Å². The number of H-pyrrole nitrogens is 1. The maximum absolute atomic E-state index is 12.8. The highest BCUT2D eigenvalue weighted by Crippen LogP contribution is 2.32. The standard InChI is InChI=1S/C17H11F3N4/c18-17(19,20)14-3-1-2-13(9-14)12-6-4-11(5-7-12)8-15-16(10-21)23-24-22-15/h1-7,9H,8H2,(H,22,23,24). The molecule has 0 bridgehead atoms. The summed E-state index contributed by atoms with van der Waals surface area (Å²) in [6, 6.07) is 14.2. The van der Waals surface area contributed by atoms with Crippen molar-refractivity contribution in [1.29, 1.82) is 5.26 Å². The first-order valence-corrected chi connectivity index (χ1v) is 7.03. The predicted octanol–water partition coefficient (Wildman–Crippen LogP) is 3.95. The average molecular weight is 328 g/mol. The van der Waals surface area contributed by atoms with Gasteiger partial charge in [0, 0.05) is 6.42 Å². The van der Waals surface area contributed by atoms with Crippen molar-refractivity contribution in [3.8, 4) is 17.2 Å². The second-order valence-electron chi connectivity index (χ2n) is 5.18. The van der Waals surface area contributed by atoms with E-state index in [-0.39, 0.29) is 5.69 Å². The fourth-order valence-electron chi connectivity index (χ4n) is 2.35. The molecular weight excluding hydrogens is 317 g/mol. The summed E-state index contributed by atoms with van der Waals surface area (Å²) in [5.41, 5.74) is 2.16. The molecule has 0 atom stereocenters. The van der Waals surface area contributed by atoms with Crippen LogP contribution >= 0.6 is 0 Å². The predicted molar refractivity (Wildman–Crippen MR) is 80.8 cm³/mol. The first-order valence-electron chi connectivity index (χ1n) is 7.03. The lowest BCUT2D eigenvalue weighted by atomic mass is 10.00. The zero-order valence-corrected chi connectivity index (χ0v) is 12.3. The van der Waals surface area contributed by atoms with Gasteiger partial charge in [-0.25, -0.2) is 0 Å². The van der Waals surface area contributed by atoms with Gasteiger partial charge in [0.15, 0.2) is 5.69 Å². The largest absolute Gasteiger partial charge is 0.416 e. The molecule has 3 aromatic rings. The Hall–Kier alpha value is -3.14. The average Bonchev–Trinajstić information content (AvgIpc) is 3.02. The molecule has 0 aliphatic carbocycles. The van der Waals surface area contributed by atoms with Gasteiger partial charge in [-0.2, -0.15) is 28.7 Å². The second-order valence-corrected chi connectivity index (χ2v) is 5.18. The van der Waals surface area contributed by atoms with E-state index in [9.17, 15) is 13.2 Å². The van der Waals surface area contributed by atoms with Crippen LogP contribution in [-0.4, -0.2) is 15.4 Å². The van der Waals surface area contributed by atoms with Crippen LogP contribution in [0.2, 0.25) is 0 Å². The summed E-state index contributed by atoms with van der Waals surface area (Å²) in [4.78, 5) is 0. The molecule has 7 heteroatoms. The Labute approximate surface area is 135 Å². The van der Waals surface area contributed by atoms with Gasteiger partial charge in [0.05, 0.1) is 5.56 Å². The molecule has 2 aromatic carbocycles. The number of aromatic amines is 1. The van der Waals surface area contributed by atoms with Gasteiger partial charge in [0.2, 0.25) is 0 Å². The van der Waals surface area contributed by atoms with E-state index in [1.807, 2.05) is 6.07 Å². The van der Waals surface area contributed by atoms with Gasteiger partial charge < -0.3 is 0 Å². The highest BCUT2D eigenvalue weighted by atomic mass is 19.4. The van der Waals surface area contributed by atoms with Crippen molar-refractivity contribution < 1.29 is 13.2 Å². The van der Waals surface area contributed by atoms with E-state index in [0.717, 1.165) is 17.7 Å². The summed E-state index contributed by atoms with van der Waals surface area (Å²) in [6.45, 7) is 0. The fourth-order valence-corrected chi connectivity index (χ4v) is 2.35. The quantitative estimate of drug-likeness (QED) is 0.791. The van der Waals surface area contributed by atoms with Crippen LogP contribution in [0, 0.1) is 11.3 Å². The van der Waals surface area contributed by atoms with E-state index in [1.54, 1.807) is 30.3 Å². The normalized spacial score (nSPS) is 11.2. The zero-order chi connectivity index (χ0) is 17.2. The molecule has 0 saturated heterocycles. The van der Waals surface area contributed by atoms with E-state index in [4.69, 9.17) is 5.26 Å². The molecule has 24 heavy (non-hydrogen) atoms. The molecule has 0 aliphatic rings. The van der Waals surface area contributed by atoms with E-state index < -0.39 is 11.7 Å². The Morgan fingerprint density at radius 1 is 1.00 bits per heavy atom. The molecule has 4 nitrogen and oxygen atoms in total. The number of alkyl halides is 3. The number of hydrogen-bond acceptors (Lipinski definition) is 3. The molecule has 1 N–H and O–H groups in total. The van der Waals surface area contributed by atoms with E-state index in [2.05, 4.69) is 15.4 Å². The van der Waals surface area contributed by atoms with Crippen LogP contribution in [0.4, 0.5) is 13.2 Å². The number of nitrogens with one attached hydrogen (secondary N) is 1. The van der Waals surface area contributed by atoms with Gasteiger partial charge in [0.1, 0.15) is 11.8 Å². The highest BCUT2D eigenvalue weighted by molar-refractivity contribution is 5.64. The monoisotopic (exact) mass is 328 g/mol. The number of aromatic nitrogens is 3. The minimum absolute atomic E-state index is 0.233. The van der Waals surface area contributed by atoms with Gasteiger partial charge in [-0.05, 0) is 28.8 Å². The summed E-state index contributed by atoms with van der Waals surface area (Å²) in [5.74, 6) is 0. The van der Waals surface area contributed by atoms with Crippen molar-refractivity contribution in [2.24, 2.45) is 0 Å². The van der Waals surface area contributed by atoms with Crippen LogP contribution < -0.4 is 0 Å². The van der Waals surface area contributed by atoms with Crippen molar-refractivity contribution in [2.75, 3.05) is 0 Å². The number of rotatable bonds is 3. The SMILES string of the molecule is N#Cc1n[nH]nc1Cc1ccc(-c2cccc(C(F)(F)F)c2)cc1. The molecule has 0 aliphatic heterocycles. The Bertz CT molecular complexity index is 889. The van der Waals surface area contributed by atoms with Crippen LogP contribution in [0.3, 0.4) is 0 Å². The molecule has 0 saturated carbocycles. The van der Waals surface area contributed by atoms with Gasteiger partial charge in [-0.1, -0.05) is 36.4 Å². The van der Waals surface area contributed by atoms with Crippen molar-refractivity contribution >= 4 is 0 Å². The number of nitrogens with zero attached hydrogens (tertiary/aromatic N) is 3.